The van der Waals surface area contributed by atoms with Crippen molar-refractivity contribution >= 4 is 71.9 Å². The summed E-state index contributed by atoms with van der Waals surface area (Å²) in [5.74, 6) is 0.0997. The molecule has 4 fully saturated rings. The third-order valence-corrected chi connectivity index (χ3v) is 16.7. The highest BCUT2D eigenvalue weighted by atomic mass is 35.5. The first-order valence-electron chi connectivity index (χ1n) is 25.1. The Morgan fingerprint density at radius 3 is 1.32 bits per heavy atom. The summed E-state index contributed by atoms with van der Waals surface area (Å²) in [6, 6.07) is 7.71. The largest absolute Gasteiger partial charge is 0.474 e. The van der Waals surface area contributed by atoms with Crippen LogP contribution in [-0.4, -0.2) is 131 Å². The molecule has 2 amide bonds. The van der Waals surface area contributed by atoms with Crippen molar-refractivity contribution in [3.63, 3.8) is 0 Å². The molecule has 25 heteroatoms. The molecule has 0 radical (unpaired) electrons. The van der Waals surface area contributed by atoms with Gasteiger partial charge in [0.05, 0.1) is 55.0 Å². The summed E-state index contributed by atoms with van der Waals surface area (Å²) in [6.45, 7) is 18.2. The maximum Gasteiger partial charge on any atom is 0.410 e. The minimum Gasteiger partial charge on any atom is -0.474 e. The highest BCUT2D eigenvalue weighted by molar-refractivity contribution is 7.92. The minimum atomic E-state index is -3.47. The lowest BCUT2D eigenvalue weighted by molar-refractivity contribution is 0.0122. The minimum absolute atomic E-state index is 0.00917. The van der Waals surface area contributed by atoms with E-state index in [9.17, 15) is 40.0 Å². The molecular weight excluding hydrogens is 1050 g/mol. The number of hydrogen-bond donors (Lipinski definition) is 2. The number of halogens is 3. The van der Waals surface area contributed by atoms with Gasteiger partial charge in [0.2, 0.25) is 11.8 Å². The Kier molecular flexibility index (Phi) is 19.7. The van der Waals surface area contributed by atoms with E-state index in [1.807, 2.05) is 34.6 Å². The first-order valence-corrected chi connectivity index (χ1v) is 28.6. The third-order valence-electron chi connectivity index (χ3n) is 12.1. The molecule has 2 aromatic carbocycles. The lowest BCUT2D eigenvalue weighted by Gasteiger charge is -2.33. The van der Waals surface area contributed by atoms with Crippen LogP contribution in [0.3, 0.4) is 0 Å². The zero-order chi connectivity index (χ0) is 55.7. The van der Waals surface area contributed by atoms with Crippen LogP contribution in [0.5, 0.6) is 11.8 Å². The molecule has 8 rings (SSSR count). The number of piperidine rings is 2. The number of aromatic nitrogens is 4. The van der Waals surface area contributed by atoms with Crippen LogP contribution in [0.4, 0.5) is 46.2 Å². The number of carbonyl (C=O) groups is 3. The Balaban J connectivity index is 0.000000219. The highest BCUT2D eigenvalue weighted by Gasteiger charge is 2.38. The van der Waals surface area contributed by atoms with E-state index in [-0.39, 0.29) is 57.8 Å². The van der Waals surface area contributed by atoms with Gasteiger partial charge in [0.25, 0.3) is 0 Å². The summed E-state index contributed by atoms with van der Waals surface area (Å²) < 4.78 is 106. The molecule has 4 heterocycles. The summed E-state index contributed by atoms with van der Waals surface area (Å²) in [4.78, 5) is 54.2. The Labute approximate surface area is 447 Å². The topological polar surface area (TPSA) is 248 Å². The van der Waals surface area contributed by atoms with Gasteiger partial charge in [-0.3, -0.25) is 0 Å². The van der Waals surface area contributed by atoms with Crippen molar-refractivity contribution in [1.29, 1.82) is 0 Å². The molecule has 2 aliphatic heterocycles. The van der Waals surface area contributed by atoms with Gasteiger partial charge in [-0.1, -0.05) is 0 Å². The third kappa shape index (κ3) is 16.7. The Morgan fingerprint density at radius 2 is 1.00 bits per heavy atom. The van der Waals surface area contributed by atoms with Crippen molar-refractivity contribution in [3.8, 4) is 11.8 Å². The molecule has 0 unspecified atom stereocenters. The number of hydrogen-bond acceptors (Lipinski definition) is 18. The van der Waals surface area contributed by atoms with Gasteiger partial charge in [-0.05, 0) is 124 Å². The fourth-order valence-corrected chi connectivity index (χ4v) is 11.2. The lowest BCUT2D eigenvalue weighted by Crippen LogP contribution is -2.44. The molecular formula is C51H67ClF2N8O12S2. The first-order chi connectivity index (χ1) is 35.7. The van der Waals surface area contributed by atoms with Crippen molar-refractivity contribution in [2.45, 2.75) is 164 Å². The average Bonchev–Trinajstić information content (AvgIpc) is 4.27. The van der Waals surface area contributed by atoms with E-state index in [0.29, 0.717) is 112 Å². The summed E-state index contributed by atoms with van der Waals surface area (Å²) in [5.41, 5.74) is 0.124. The standard InChI is InChI=1S/C24H31FN4O5S.C23H29FN4O5S.C4H7ClO2/c1-15-21(28-20-8-7-18(13-19(20)25)35(31,32)17-5-6-17)26-14-27-22(15)33-16-9-11-29(12-10-16)23(30)34-24(2,3)4;1-14(2)32-23(29)28-10-8-16(9-11-28)33-22-15(3)21(25-13-26-22)27-20-7-6-18(12-19(20)24)34(30,31)17-4-5-17;1-3(2)7-4(5)6/h7-8,13-14,16-17H,5-6,9-12H2,1-4H3,(H,26,27,28);6-7,12-14,16-17H,4-5,8-11H2,1-3H3,(H,25,26,27);3H,1-2H3. The van der Waals surface area contributed by atoms with Crippen LogP contribution in [-0.2, 0) is 33.9 Å². The number of sulfone groups is 2. The summed E-state index contributed by atoms with van der Waals surface area (Å²) in [6.07, 6.45) is 6.42. The SMILES string of the molecule is CC(C)OC(=O)Cl.Cc1c(Nc2ccc(S(=O)(=O)C3CC3)cc2F)ncnc1OC1CCN(C(=O)OC(C)(C)C)CC1.Cc1c(Nc2ccc(S(=O)(=O)C3CC3)cc2F)ncnc1OC1CCN(C(=O)OC(C)C)CC1. The number of amides is 2. The van der Waals surface area contributed by atoms with Crippen molar-refractivity contribution in [2.24, 2.45) is 0 Å². The molecule has 2 saturated carbocycles. The molecule has 76 heavy (non-hydrogen) atoms. The molecule has 4 aliphatic rings. The fraction of sp³-hybridized carbons (Fsp3) is 0.549. The Bertz CT molecular complexity index is 2930. The molecule has 20 nitrogen and oxygen atoms in total. The summed E-state index contributed by atoms with van der Waals surface area (Å²) in [7, 11) is -6.94. The van der Waals surface area contributed by atoms with Crippen molar-refractivity contribution in [1.82, 2.24) is 29.7 Å². The molecule has 2 N–H and O–H groups in total. The number of nitrogens with one attached hydrogen (secondary N) is 2. The number of anilines is 4. The smallest absolute Gasteiger partial charge is 0.410 e. The van der Waals surface area contributed by atoms with E-state index in [1.165, 1.54) is 36.9 Å². The van der Waals surface area contributed by atoms with E-state index >= 15 is 0 Å². The van der Waals surface area contributed by atoms with E-state index in [0.717, 1.165) is 12.1 Å². The van der Waals surface area contributed by atoms with Gasteiger partial charge in [-0.15, -0.1) is 0 Å². The number of nitrogens with zero attached hydrogens (tertiary/aromatic N) is 6. The van der Waals surface area contributed by atoms with Gasteiger partial charge < -0.3 is 44.1 Å². The number of carbonyl (C=O) groups excluding carboxylic acids is 3. The zero-order valence-corrected chi connectivity index (χ0v) is 46.5. The first kappa shape index (κ1) is 59.1. The number of likely N-dealkylation sites (tertiary alicyclic amines) is 2. The van der Waals surface area contributed by atoms with E-state index in [2.05, 4.69) is 35.3 Å². The normalized spacial score (nSPS) is 16.4. The predicted molar refractivity (Wildman–Crippen MR) is 279 cm³/mol. The van der Waals surface area contributed by atoms with Gasteiger partial charge in [0.1, 0.15) is 53.7 Å². The highest BCUT2D eigenvalue weighted by Crippen LogP contribution is 2.37. The van der Waals surface area contributed by atoms with E-state index < -0.39 is 52.8 Å². The van der Waals surface area contributed by atoms with Crippen LogP contribution in [0, 0.1) is 25.5 Å². The predicted octanol–water partition coefficient (Wildman–Crippen LogP) is 10.1. The zero-order valence-electron chi connectivity index (χ0n) is 44.1. The van der Waals surface area contributed by atoms with Gasteiger partial charge in [-0.2, -0.15) is 0 Å². The van der Waals surface area contributed by atoms with Crippen LogP contribution in [0.15, 0.2) is 58.8 Å². The second kappa shape index (κ2) is 25.3. The van der Waals surface area contributed by atoms with E-state index in [4.69, 9.17) is 30.5 Å². The quantitative estimate of drug-likeness (QED) is 0.0880. The van der Waals surface area contributed by atoms with Crippen molar-refractivity contribution in [2.75, 3.05) is 36.8 Å². The van der Waals surface area contributed by atoms with Gasteiger partial charge >= 0.3 is 17.6 Å². The van der Waals surface area contributed by atoms with Gasteiger partial charge in [0.15, 0.2) is 19.7 Å². The van der Waals surface area contributed by atoms with Crippen LogP contribution in [0.1, 0.15) is 111 Å². The number of ether oxygens (including phenoxy) is 5. The summed E-state index contributed by atoms with van der Waals surface area (Å²) in [5, 5.41) is 5.02. The Morgan fingerprint density at radius 1 is 0.618 bits per heavy atom. The molecule has 416 valence electrons. The fourth-order valence-electron chi connectivity index (χ4n) is 7.72. The van der Waals surface area contributed by atoms with E-state index in [1.54, 1.807) is 37.5 Å². The Hall–Kier alpha value is -6.14. The van der Waals surface area contributed by atoms with Gasteiger partial charge in [0, 0.05) is 63.5 Å². The second-order valence-electron chi connectivity index (χ2n) is 20.3. The molecule has 2 aromatic heterocycles. The summed E-state index contributed by atoms with van der Waals surface area (Å²) >= 11 is 4.81. The van der Waals surface area contributed by atoms with Gasteiger partial charge in [-0.25, -0.2) is 59.9 Å². The van der Waals surface area contributed by atoms with Crippen LogP contribution < -0.4 is 20.1 Å². The molecule has 2 saturated heterocycles. The van der Waals surface area contributed by atoms with Crippen LogP contribution in [0.25, 0.3) is 0 Å². The van der Waals surface area contributed by atoms with Crippen molar-refractivity contribution < 1.29 is 63.7 Å². The maximum absolute atomic E-state index is 14.7. The monoisotopic (exact) mass is 1120 g/mol. The maximum atomic E-state index is 14.7. The average molecular weight is 1120 g/mol. The van der Waals surface area contributed by atoms with Crippen molar-refractivity contribution in [3.05, 3.63) is 71.8 Å². The lowest BCUT2D eigenvalue weighted by atomic mass is 10.1. The molecule has 0 bridgehead atoms. The number of rotatable bonds is 14. The van der Waals surface area contributed by atoms with Crippen LogP contribution in [0.2, 0.25) is 0 Å². The molecule has 2 aliphatic carbocycles. The molecule has 0 atom stereocenters. The van der Waals surface area contributed by atoms with Crippen LogP contribution >= 0.6 is 11.6 Å². The number of benzene rings is 2. The second-order valence-corrected chi connectivity index (χ2v) is 25.0. The molecule has 4 aromatic rings. The molecule has 0 spiro atoms.